The van der Waals surface area contributed by atoms with Crippen molar-refractivity contribution in [3.63, 3.8) is 0 Å². The second-order valence-corrected chi connectivity index (χ2v) is 5.52. The third-order valence-corrected chi connectivity index (χ3v) is 3.84. The van der Waals surface area contributed by atoms with Gasteiger partial charge in [0.05, 0.1) is 5.01 Å². The number of hydrogen-bond donors (Lipinski definition) is 3. The van der Waals surface area contributed by atoms with Gasteiger partial charge in [-0.3, -0.25) is 4.79 Å². The lowest BCUT2D eigenvalue weighted by Gasteiger charge is -2.09. The van der Waals surface area contributed by atoms with E-state index >= 15 is 0 Å². The molecule has 2 rings (SSSR count). The lowest BCUT2D eigenvalue weighted by Crippen LogP contribution is -2.13. The molecule has 106 valence electrons. The molecule has 0 saturated heterocycles. The normalized spacial score (nSPS) is 10.6. The van der Waals surface area contributed by atoms with Crippen LogP contribution in [-0.2, 0) is 6.42 Å². The smallest absolute Gasteiger partial charge is 0.275 e. The number of anilines is 1. The molecule has 2 aromatic rings. The Morgan fingerprint density at radius 3 is 2.85 bits per heavy atom. The number of amides is 1. The van der Waals surface area contributed by atoms with Crippen LogP contribution in [0.4, 0.5) is 5.69 Å². The van der Waals surface area contributed by atoms with Gasteiger partial charge in [0.15, 0.2) is 0 Å². The lowest BCUT2D eigenvalue weighted by atomic mass is 10.1. The Balaban J connectivity index is 2.16. The molecule has 20 heavy (non-hydrogen) atoms. The van der Waals surface area contributed by atoms with Crippen molar-refractivity contribution in [3.8, 4) is 5.75 Å². The summed E-state index contributed by atoms with van der Waals surface area (Å²) in [4.78, 5) is 16.4. The summed E-state index contributed by atoms with van der Waals surface area (Å²) in [6, 6.07) is 3.38. The Morgan fingerprint density at radius 2 is 2.15 bits per heavy atom. The highest BCUT2D eigenvalue weighted by molar-refractivity contribution is 7.09. The van der Waals surface area contributed by atoms with Crippen molar-refractivity contribution >= 4 is 22.9 Å². The van der Waals surface area contributed by atoms with Crippen molar-refractivity contribution in [3.05, 3.63) is 39.3 Å². The molecule has 0 bridgehead atoms. The van der Waals surface area contributed by atoms with Gasteiger partial charge in [-0.15, -0.1) is 11.3 Å². The van der Waals surface area contributed by atoms with Gasteiger partial charge < -0.3 is 16.2 Å². The van der Waals surface area contributed by atoms with Gasteiger partial charge >= 0.3 is 0 Å². The second-order valence-electron chi connectivity index (χ2n) is 4.57. The van der Waals surface area contributed by atoms with Gasteiger partial charge in [0.1, 0.15) is 11.4 Å². The number of nitrogens with zero attached hydrogens (tertiary/aromatic N) is 1. The number of carbonyl (C=O) groups excluding carboxylic acids is 1. The van der Waals surface area contributed by atoms with Crippen LogP contribution in [0, 0.1) is 13.8 Å². The summed E-state index contributed by atoms with van der Waals surface area (Å²) < 4.78 is 0. The van der Waals surface area contributed by atoms with Crippen LogP contribution in [-0.4, -0.2) is 22.5 Å². The Kier molecular flexibility index (Phi) is 4.36. The Hall–Kier alpha value is -1.92. The Labute approximate surface area is 121 Å². The SMILES string of the molecule is Cc1cc(NC(=O)c2csc(CCN)n2)c(C)cc1O. The van der Waals surface area contributed by atoms with Crippen LogP contribution in [0.3, 0.4) is 0 Å². The van der Waals surface area contributed by atoms with Crippen LogP contribution >= 0.6 is 11.3 Å². The Morgan fingerprint density at radius 1 is 1.40 bits per heavy atom. The van der Waals surface area contributed by atoms with E-state index in [1.54, 1.807) is 24.4 Å². The zero-order chi connectivity index (χ0) is 14.7. The highest BCUT2D eigenvalue weighted by atomic mass is 32.1. The molecule has 0 saturated carbocycles. The third-order valence-electron chi connectivity index (χ3n) is 2.93. The van der Waals surface area contributed by atoms with E-state index in [1.165, 1.54) is 11.3 Å². The third kappa shape index (κ3) is 3.15. The number of aromatic nitrogens is 1. The van der Waals surface area contributed by atoms with Crippen molar-refractivity contribution < 1.29 is 9.90 Å². The molecule has 1 amide bonds. The molecule has 4 N–H and O–H groups in total. The van der Waals surface area contributed by atoms with Crippen molar-refractivity contribution in [2.24, 2.45) is 5.73 Å². The van der Waals surface area contributed by atoms with Crippen LogP contribution in [0.2, 0.25) is 0 Å². The molecular formula is C14H17N3O2S. The highest BCUT2D eigenvalue weighted by Crippen LogP contribution is 2.25. The molecule has 1 aromatic heterocycles. The first-order valence-corrected chi connectivity index (χ1v) is 7.15. The van der Waals surface area contributed by atoms with Crippen LogP contribution in [0.5, 0.6) is 5.75 Å². The molecule has 0 radical (unpaired) electrons. The summed E-state index contributed by atoms with van der Waals surface area (Å²) in [5, 5.41) is 15.0. The van der Waals surface area contributed by atoms with Gasteiger partial charge in [0.2, 0.25) is 0 Å². The maximum absolute atomic E-state index is 12.1. The molecule has 0 aliphatic heterocycles. The fraction of sp³-hybridized carbons (Fsp3) is 0.286. The number of aryl methyl sites for hydroxylation is 2. The minimum Gasteiger partial charge on any atom is -0.508 e. The summed E-state index contributed by atoms with van der Waals surface area (Å²) in [6.07, 6.45) is 0.676. The zero-order valence-corrected chi connectivity index (χ0v) is 12.3. The topological polar surface area (TPSA) is 88.2 Å². The van der Waals surface area contributed by atoms with Gasteiger partial charge in [-0.2, -0.15) is 0 Å². The summed E-state index contributed by atoms with van der Waals surface area (Å²) in [7, 11) is 0. The number of carbonyl (C=O) groups is 1. The fourth-order valence-electron chi connectivity index (χ4n) is 1.78. The van der Waals surface area contributed by atoms with E-state index in [0.29, 0.717) is 29.9 Å². The number of phenolic OH excluding ortho intramolecular Hbond substituents is 1. The van der Waals surface area contributed by atoms with Crippen molar-refractivity contribution in [2.75, 3.05) is 11.9 Å². The van der Waals surface area contributed by atoms with Crippen molar-refractivity contribution in [1.29, 1.82) is 0 Å². The van der Waals surface area contributed by atoms with E-state index < -0.39 is 0 Å². The number of hydrogen-bond acceptors (Lipinski definition) is 5. The van der Waals surface area contributed by atoms with Crippen LogP contribution in [0.15, 0.2) is 17.5 Å². The van der Waals surface area contributed by atoms with Gasteiger partial charge in [0, 0.05) is 17.5 Å². The molecule has 0 fully saturated rings. The van der Waals surface area contributed by atoms with Gasteiger partial charge in [0.25, 0.3) is 5.91 Å². The van der Waals surface area contributed by atoms with Gasteiger partial charge in [-0.25, -0.2) is 4.98 Å². The summed E-state index contributed by atoms with van der Waals surface area (Å²) in [5.74, 6) is -0.0305. The first-order valence-electron chi connectivity index (χ1n) is 6.27. The first kappa shape index (κ1) is 14.5. The molecule has 1 aromatic carbocycles. The van der Waals surface area contributed by atoms with Crippen LogP contribution in [0.25, 0.3) is 0 Å². The number of nitrogens with two attached hydrogens (primary N) is 1. The predicted octanol–water partition coefficient (Wildman–Crippen LogP) is 2.22. The van der Waals surface area contributed by atoms with E-state index in [9.17, 15) is 9.90 Å². The van der Waals surface area contributed by atoms with E-state index in [4.69, 9.17) is 5.73 Å². The molecule has 6 heteroatoms. The lowest BCUT2D eigenvalue weighted by molar-refractivity contribution is 0.102. The van der Waals surface area contributed by atoms with E-state index in [0.717, 1.165) is 10.6 Å². The number of aromatic hydroxyl groups is 1. The number of phenols is 1. The molecule has 5 nitrogen and oxygen atoms in total. The van der Waals surface area contributed by atoms with Gasteiger partial charge in [-0.05, 0) is 43.7 Å². The molecular weight excluding hydrogens is 274 g/mol. The number of rotatable bonds is 4. The maximum atomic E-state index is 12.1. The monoisotopic (exact) mass is 291 g/mol. The van der Waals surface area contributed by atoms with Gasteiger partial charge in [-0.1, -0.05) is 0 Å². The fourth-order valence-corrected chi connectivity index (χ4v) is 2.57. The van der Waals surface area contributed by atoms with E-state index in [2.05, 4.69) is 10.3 Å². The Bertz CT molecular complexity index is 637. The highest BCUT2D eigenvalue weighted by Gasteiger charge is 2.12. The van der Waals surface area contributed by atoms with E-state index in [-0.39, 0.29) is 11.7 Å². The molecule has 0 unspecified atom stereocenters. The molecule has 0 atom stereocenters. The molecule has 0 aliphatic carbocycles. The number of benzene rings is 1. The minimum atomic E-state index is -0.252. The number of thiazole rings is 1. The van der Waals surface area contributed by atoms with Crippen molar-refractivity contribution in [2.45, 2.75) is 20.3 Å². The second kappa shape index (κ2) is 6.02. The molecule has 0 spiro atoms. The largest absolute Gasteiger partial charge is 0.508 e. The summed E-state index contributed by atoms with van der Waals surface area (Å²) in [6.45, 7) is 4.13. The summed E-state index contributed by atoms with van der Waals surface area (Å²) >= 11 is 1.43. The number of nitrogens with one attached hydrogen (secondary N) is 1. The average molecular weight is 291 g/mol. The minimum absolute atomic E-state index is 0.222. The quantitative estimate of drug-likeness (QED) is 0.754. The average Bonchev–Trinajstić information content (AvgIpc) is 2.85. The van der Waals surface area contributed by atoms with Crippen LogP contribution < -0.4 is 11.1 Å². The molecule has 0 aliphatic rings. The van der Waals surface area contributed by atoms with Crippen molar-refractivity contribution in [1.82, 2.24) is 4.98 Å². The predicted molar refractivity (Wildman–Crippen MR) is 80.4 cm³/mol. The van der Waals surface area contributed by atoms with Crippen LogP contribution in [0.1, 0.15) is 26.6 Å². The molecule has 1 heterocycles. The van der Waals surface area contributed by atoms with E-state index in [1.807, 2.05) is 6.92 Å². The summed E-state index contributed by atoms with van der Waals surface area (Å²) in [5.41, 5.74) is 8.05. The zero-order valence-electron chi connectivity index (χ0n) is 11.4. The maximum Gasteiger partial charge on any atom is 0.275 e. The standard InChI is InChI=1S/C14H17N3O2S/c1-8-6-12(18)9(2)5-10(8)17-14(19)11-7-20-13(16-11)3-4-15/h5-7,18H,3-4,15H2,1-2H3,(H,17,19). The first-order chi connectivity index (χ1) is 9.51.